The van der Waals surface area contributed by atoms with Crippen molar-refractivity contribution in [2.24, 2.45) is 0 Å². The summed E-state index contributed by atoms with van der Waals surface area (Å²) < 4.78 is 0. The molecule has 2 heteroatoms. The first kappa shape index (κ1) is 9.84. The Morgan fingerprint density at radius 2 is 1.93 bits per heavy atom. The Hall–Kier alpha value is -1.70. The van der Waals surface area contributed by atoms with Gasteiger partial charge in [-0.25, -0.2) is 0 Å². The second-order valence-electron chi connectivity index (χ2n) is 3.87. The lowest BCUT2D eigenvalue weighted by molar-refractivity contribution is 0.823. The first-order valence-electron chi connectivity index (χ1n) is 5.13. The van der Waals surface area contributed by atoms with E-state index in [0.29, 0.717) is 5.92 Å². The molecule has 76 valence electrons. The van der Waals surface area contributed by atoms with Crippen LogP contribution in [0.5, 0.6) is 0 Å². The molecule has 2 aromatic rings. The molecular formula is C13H14N2. The van der Waals surface area contributed by atoms with Gasteiger partial charge in [0.2, 0.25) is 0 Å². The van der Waals surface area contributed by atoms with Crippen LogP contribution in [0, 0.1) is 0 Å². The molecule has 0 spiro atoms. The Bertz CT molecular complexity index is 435. The zero-order valence-electron chi connectivity index (χ0n) is 9.01. The van der Waals surface area contributed by atoms with Crippen LogP contribution in [0.1, 0.15) is 25.5 Å². The summed E-state index contributed by atoms with van der Waals surface area (Å²) in [4.78, 5) is 8.46. The summed E-state index contributed by atoms with van der Waals surface area (Å²) in [6, 6.07) is 8.15. The smallest absolute Gasteiger partial charge is 0.0435 e. The van der Waals surface area contributed by atoms with Crippen LogP contribution in [0.4, 0.5) is 0 Å². The second-order valence-corrected chi connectivity index (χ2v) is 3.87. The van der Waals surface area contributed by atoms with Crippen LogP contribution >= 0.6 is 0 Å². The van der Waals surface area contributed by atoms with Gasteiger partial charge in [0.15, 0.2) is 0 Å². The van der Waals surface area contributed by atoms with Gasteiger partial charge in [0.1, 0.15) is 0 Å². The van der Waals surface area contributed by atoms with Crippen molar-refractivity contribution in [1.29, 1.82) is 0 Å². The third kappa shape index (κ3) is 2.21. The van der Waals surface area contributed by atoms with Crippen LogP contribution in [0.25, 0.3) is 11.1 Å². The minimum Gasteiger partial charge on any atom is -0.264 e. The summed E-state index contributed by atoms with van der Waals surface area (Å²) in [5.74, 6) is 0.460. The molecule has 0 aliphatic rings. The molecule has 2 heterocycles. The molecule has 2 nitrogen and oxygen atoms in total. The van der Waals surface area contributed by atoms with E-state index in [1.54, 1.807) is 6.20 Å². The van der Waals surface area contributed by atoms with Crippen molar-refractivity contribution in [3.05, 3.63) is 48.5 Å². The van der Waals surface area contributed by atoms with Crippen molar-refractivity contribution in [3.8, 4) is 11.1 Å². The summed E-state index contributed by atoms with van der Waals surface area (Å²) in [6.07, 6.45) is 5.52. The van der Waals surface area contributed by atoms with Gasteiger partial charge in [-0.2, -0.15) is 0 Å². The zero-order valence-corrected chi connectivity index (χ0v) is 9.01. The van der Waals surface area contributed by atoms with Crippen LogP contribution < -0.4 is 0 Å². The lowest BCUT2D eigenvalue weighted by Gasteiger charge is -2.06. The van der Waals surface area contributed by atoms with Crippen molar-refractivity contribution in [2.45, 2.75) is 19.8 Å². The van der Waals surface area contributed by atoms with Crippen LogP contribution in [0.2, 0.25) is 0 Å². The van der Waals surface area contributed by atoms with Gasteiger partial charge >= 0.3 is 0 Å². The normalized spacial score (nSPS) is 10.6. The fourth-order valence-electron chi connectivity index (χ4n) is 1.48. The van der Waals surface area contributed by atoms with Crippen molar-refractivity contribution >= 4 is 0 Å². The fraction of sp³-hybridized carbons (Fsp3) is 0.231. The Morgan fingerprint density at radius 1 is 1.07 bits per heavy atom. The third-order valence-corrected chi connectivity index (χ3v) is 2.37. The summed E-state index contributed by atoms with van der Waals surface area (Å²) in [6.45, 7) is 4.30. The number of aromatic nitrogens is 2. The SMILES string of the molecule is CC(C)c1cc(-c2cccnc2)ccn1. The predicted octanol–water partition coefficient (Wildman–Crippen LogP) is 3.27. The number of rotatable bonds is 2. The first-order valence-corrected chi connectivity index (χ1v) is 5.13. The van der Waals surface area contributed by atoms with Crippen LogP contribution in [0.3, 0.4) is 0 Å². The highest BCUT2D eigenvalue weighted by Gasteiger charge is 2.03. The molecule has 0 saturated heterocycles. The Kier molecular flexibility index (Phi) is 2.77. The highest BCUT2D eigenvalue weighted by molar-refractivity contribution is 5.62. The van der Waals surface area contributed by atoms with E-state index in [1.165, 1.54) is 5.56 Å². The summed E-state index contributed by atoms with van der Waals surface area (Å²) in [7, 11) is 0. The van der Waals surface area contributed by atoms with Gasteiger partial charge in [-0.15, -0.1) is 0 Å². The summed E-state index contributed by atoms with van der Waals surface area (Å²) in [5.41, 5.74) is 3.44. The molecule has 0 radical (unpaired) electrons. The summed E-state index contributed by atoms with van der Waals surface area (Å²) in [5, 5.41) is 0. The molecule has 0 aromatic carbocycles. The van der Waals surface area contributed by atoms with Gasteiger partial charge in [-0.05, 0) is 29.7 Å². The number of pyridine rings is 2. The average Bonchev–Trinajstić information content (AvgIpc) is 2.30. The predicted molar refractivity (Wildman–Crippen MR) is 61.6 cm³/mol. The van der Waals surface area contributed by atoms with Crippen LogP contribution in [-0.4, -0.2) is 9.97 Å². The molecular weight excluding hydrogens is 184 g/mol. The molecule has 0 fully saturated rings. The van der Waals surface area contributed by atoms with E-state index in [2.05, 4.69) is 35.9 Å². The van der Waals surface area contributed by atoms with Gasteiger partial charge in [-0.3, -0.25) is 9.97 Å². The largest absolute Gasteiger partial charge is 0.264 e. The maximum Gasteiger partial charge on any atom is 0.0435 e. The van der Waals surface area contributed by atoms with Crippen LogP contribution in [-0.2, 0) is 0 Å². The Balaban J connectivity index is 2.42. The van der Waals surface area contributed by atoms with E-state index in [-0.39, 0.29) is 0 Å². The zero-order chi connectivity index (χ0) is 10.7. The van der Waals surface area contributed by atoms with Crippen LogP contribution in [0.15, 0.2) is 42.9 Å². The molecule has 2 rings (SSSR count). The molecule has 0 N–H and O–H groups in total. The average molecular weight is 198 g/mol. The second kappa shape index (κ2) is 4.22. The van der Waals surface area contributed by atoms with E-state index >= 15 is 0 Å². The van der Waals surface area contributed by atoms with E-state index < -0.39 is 0 Å². The molecule has 0 bridgehead atoms. The number of nitrogens with zero attached hydrogens (tertiary/aromatic N) is 2. The summed E-state index contributed by atoms with van der Waals surface area (Å²) >= 11 is 0. The molecule has 0 amide bonds. The lowest BCUT2D eigenvalue weighted by atomic mass is 10.0. The lowest BCUT2D eigenvalue weighted by Crippen LogP contribution is -1.92. The van der Waals surface area contributed by atoms with Crippen molar-refractivity contribution in [1.82, 2.24) is 9.97 Å². The highest BCUT2D eigenvalue weighted by atomic mass is 14.7. The van der Waals surface area contributed by atoms with E-state index in [4.69, 9.17) is 0 Å². The Labute approximate surface area is 90.0 Å². The minimum absolute atomic E-state index is 0.460. The number of hydrogen-bond donors (Lipinski definition) is 0. The van der Waals surface area contributed by atoms with Crippen molar-refractivity contribution in [3.63, 3.8) is 0 Å². The molecule has 15 heavy (non-hydrogen) atoms. The fourth-order valence-corrected chi connectivity index (χ4v) is 1.48. The quantitative estimate of drug-likeness (QED) is 0.740. The van der Waals surface area contributed by atoms with Gasteiger partial charge in [0.05, 0.1) is 0 Å². The van der Waals surface area contributed by atoms with Crippen molar-refractivity contribution in [2.75, 3.05) is 0 Å². The molecule has 0 aliphatic heterocycles. The van der Waals surface area contributed by atoms with E-state index in [1.807, 2.05) is 24.5 Å². The molecule has 0 aliphatic carbocycles. The first-order chi connectivity index (χ1) is 7.27. The van der Waals surface area contributed by atoms with Gasteiger partial charge in [-0.1, -0.05) is 19.9 Å². The maximum absolute atomic E-state index is 4.34. The number of hydrogen-bond acceptors (Lipinski definition) is 2. The van der Waals surface area contributed by atoms with Gasteiger partial charge in [0, 0.05) is 29.8 Å². The molecule has 0 atom stereocenters. The molecule has 0 unspecified atom stereocenters. The Morgan fingerprint density at radius 3 is 2.60 bits per heavy atom. The topological polar surface area (TPSA) is 25.8 Å². The van der Waals surface area contributed by atoms with Gasteiger partial charge < -0.3 is 0 Å². The van der Waals surface area contributed by atoms with E-state index in [9.17, 15) is 0 Å². The highest BCUT2D eigenvalue weighted by Crippen LogP contribution is 2.21. The minimum atomic E-state index is 0.460. The standard InChI is InChI=1S/C13H14N2/c1-10(2)13-8-11(5-7-15-13)12-4-3-6-14-9-12/h3-10H,1-2H3. The molecule has 2 aromatic heterocycles. The third-order valence-electron chi connectivity index (χ3n) is 2.37. The van der Waals surface area contributed by atoms with Gasteiger partial charge in [0.25, 0.3) is 0 Å². The monoisotopic (exact) mass is 198 g/mol. The van der Waals surface area contributed by atoms with E-state index in [0.717, 1.165) is 11.3 Å². The molecule has 0 saturated carbocycles. The maximum atomic E-state index is 4.34. The van der Waals surface area contributed by atoms with Crippen molar-refractivity contribution < 1.29 is 0 Å².